The van der Waals surface area contributed by atoms with Crippen LogP contribution in [0.5, 0.6) is 5.75 Å². The van der Waals surface area contributed by atoms with Gasteiger partial charge in [0, 0.05) is 37.6 Å². The van der Waals surface area contributed by atoms with E-state index in [-0.39, 0.29) is 12.5 Å². The van der Waals surface area contributed by atoms with Crippen molar-refractivity contribution in [3.05, 3.63) is 71.5 Å². The summed E-state index contributed by atoms with van der Waals surface area (Å²) in [5.74, 6) is 1.64. The standard InChI is InChI=1S/C23H26N4O3S/c1-29-20-9-5-8-19(14-20)15-21-24-23(31-25-21)27(16-18-6-3-2-4-7-18)17-22(28)26-10-12-30-13-11-26/h2-9,14H,10-13,15-17H2,1H3. The maximum Gasteiger partial charge on any atom is 0.242 e. The highest BCUT2D eigenvalue weighted by Gasteiger charge is 2.22. The molecule has 0 atom stereocenters. The van der Waals surface area contributed by atoms with Crippen molar-refractivity contribution < 1.29 is 14.3 Å². The van der Waals surface area contributed by atoms with Gasteiger partial charge in [0.15, 0.2) is 0 Å². The van der Waals surface area contributed by atoms with Crippen molar-refractivity contribution in [2.75, 3.05) is 44.9 Å². The first-order valence-electron chi connectivity index (χ1n) is 10.3. The van der Waals surface area contributed by atoms with Gasteiger partial charge in [-0.25, -0.2) is 4.98 Å². The quantitative estimate of drug-likeness (QED) is 0.539. The second-order valence-electron chi connectivity index (χ2n) is 7.36. The molecule has 31 heavy (non-hydrogen) atoms. The number of rotatable bonds is 8. The Labute approximate surface area is 186 Å². The Balaban J connectivity index is 1.50. The Morgan fingerprint density at radius 1 is 1.13 bits per heavy atom. The topological polar surface area (TPSA) is 67.8 Å². The fraction of sp³-hybridized carbons (Fsp3) is 0.348. The van der Waals surface area contributed by atoms with Gasteiger partial charge in [-0.2, -0.15) is 4.37 Å². The minimum absolute atomic E-state index is 0.0868. The van der Waals surface area contributed by atoms with Crippen LogP contribution in [0.15, 0.2) is 54.6 Å². The minimum atomic E-state index is 0.0868. The SMILES string of the molecule is COc1cccc(Cc2nsc(N(CC(=O)N3CCOCC3)Cc3ccccc3)n2)c1. The van der Waals surface area contributed by atoms with E-state index in [1.807, 2.05) is 52.3 Å². The van der Waals surface area contributed by atoms with Gasteiger partial charge in [0.2, 0.25) is 11.0 Å². The highest BCUT2D eigenvalue weighted by atomic mass is 32.1. The Kier molecular flexibility index (Phi) is 7.11. The molecule has 0 aliphatic carbocycles. The van der Waals surface area contributed by atoms with Crippen molar-refractivity contribution in [1.82, 2.24) is 14.3 Å². The third kappa shape index (κ3) is 5.80. The highest BCUT2D eigenvalue weighted by molar-refractivity contribution is 7.09. The van der Waals surface area contributed by atoms with E-state index in [4.69, 9.17) is 14.5 Å². The zero-order valence-corrected chi connectivity index (χ0v) is 18.4. The van der Waals surface area contributed by atoms with E-state index in [9.17, 15) is 4.79 Å². The van der Waals surface area contributed by atoms with Crippen molar-refractivity contribution in [2.24, 2.45) is 0 Å². The highest BCUT2D eigenvalue weighted by Crippen LogP contribution is 2.22. The molecule has 3 aromatic rings. The van der Waals surface area contributed by atoms with E-state index in [1.54, 1.807) is 7.11 Å². The van der Waals surface area contributed by atoms with Gasteiger partial charge in [-0.05, 0) is 23.3 Å². The number of carbonyl (C=O) groups excluding carboxylic acids is 1. The number of aromatic nitrogens is 2. The zero-order valence-electron chi connectivity index (χ0n) is 17.6. The number of carbonyl (C=O) groups is 1. The third-order valence-corrected chi connectivity index (χ3v) is 5.95. The second kappa shape index (κ2) is 10.4. The van der Waals surface area contributed by atoms with Crippen LogP contribution in [0.4, 0.5) is 5.13 Å². The van der Waals surface area contributed by atoms with E-state index in [0.717, 1.165) is 27.8 Å². The van der Waals surface area contributed by atoms with Crippen LogP contribution in [-0.2, 0) is 22.5 Å². The average molecular weight is 439 g/mol. The molecule has 7 nitrogen and oxygen atoms in total. The van der Waals surface area contributed by atoms with Gasteiger partial charge < -0.3 is 19.3 Å². The molecule has 0 unspecified atom stereocenters. The minimum Gasteiger partial charge on any atom is -0.497 e. The Bertz CT molecular complexity index is 989. The molecule has 1 saturated heterocycles. The van der Waals surface area contributed by atoms with Gasteiger partial charge in [-0.1, -0.05) is 42.5 Å². The van der Waals surface area contributed by atoms with Gasteiger partial charge in [0.1, 0.15) is 11.6 Å². The predicted octanol–water partition coefficient (Wildman–Crippen LogP) is 3.00. The van der Waals surface area contributed by atoms with Crippen molar-refractivity contribution in [1.29, 1.82) is 0 Å². The molecule has 1 amide bonds. The Morgan fingerprint density at radius 2 is 1.90 bits per heavy atom. The molecular formula is C23H26N4O3S. The first-order chi connectivity index (χ1) is 15.2. The summed E-state index contributed by atoms with van der Waals surface area (Å²) < 4.78 is 15.2. The molecule has 4 rings (SSSR count). The summed E-state index contributed by atoms with van der Waals surface area (Å²) in [7, 11) is 1.66. The number of methoxy groups -OCH3 is 1. The lowest BCUT2D eigenvalue weighted by Gasteiger charge is -2.29. The van der Waals surface area contributed by atoms with Crippen LogP contribution < -0.4 is 9.64 Å². The summed E-state index contributed by atoms with van der Waals surface area (Å²) in [6.07, 6.45) is 0.615. The van der Waals surface area contributed by atoms with E-state index in [2.05, 4.69) is 16.5 Å². The lowest BCUT2D eigenvalue weighted by atomic mass is 10.1. The van der Waals surface area contributed by atoms with E-state index in [1.165, 1.54) is 11.5 Å². The van der Waals surface area contributed by atoms with Gasteiger partial charge >= 0.3 is 0 Å². The summed E-state index contributed by atoms with van der Waals surface area (Å²) in [5, 5.41) is 0.753. The molecule has 2 aromatic carbocycles. The zero-order chi connectivity index (χ0) is 21.5. The van der Waals surface area contributed by atoms with Crippen molar-refractivity contribution in [3.8, 4) is 5.75 Å². The fourth-order valence-corrected chi connectivity index (χ4v) is 4.16. The molecule has 0 spiro atoms. The number of benzene rings is 2. The number of nitrogens with zero attached hydrogens (tertiary/aromatic N) is 4. The largest absolute Gasteiger partial charge is 0.497 e. The monoisotopic (exact) mass is 438 g/mol. The predicted molar refractivity (Wildman–Crippen MR) is 121 cm³/mol. The van der Waals surface area contributed by atoms with Crippen LogP contribution in [0.25, 0.3) is 0 Å². The van der Waals surface area contributed by atoms with Gasteiger partial charge in [0.25, 0.3) is 0 Å². The summed E-state index contributed by atoms with van der Waals surface area (Å²) in [4.78, 5) is 21.5. The van der Waals surface area contributed by atoms with Crippen LogP contribution in [0.1, 0.15) is 17.0 Å². The van der Waals surface area contributed by atoms with Crippen LogP contribution in [0, 0.1) is 0 Å². The molecule has 1 fully saturated rings. The second-order valence-corrected chi connectivity index (χ2v) is 8.09. The number of anilines is 1. The molecular weight excluding hydrogens is 412 g/mol. The number of amides is 1. The van der Waals surface area contributed by atoms with Crippen molar-refractivity contribution in [3.63, 3.8) is 0 Å². The van der Waals surface area contributed by atoms with Crippen molar-refractivity contribution >= 4 is 22.6 Å². The molecule has 0 bridgehead atoms. The smallest absolute Gasteiger partial charge is 0.242 e. The Hall–Kier alpha value is -2.97. The molecule has 0 radical (unpaired) electrons. The Morgan fingerprint density at radius 3 is 2.68 bits per heavy atom. The number of morpholine rings is 1. The molecule has 0 N–H and O–H groups in total. The van der Waals surface area contributed by atoms with Gasteiger partial charge in [-0.15, -0.1) is 0 Å². The number of hydrogen-bond acceptors (Lipinski definition) is 7. The van der Waals surface area contributed by atoms with E-state index < -0.39 is 0 Å². The van der Waals surface area contributed by atoms with Crippen molar-refractivity contribution in [2.45, 2.75) is 13.0 Å². The summed E-state index contributed by atoms with van der Waals surface area (Å²) >= 11 is 1.33. The molecule has 8 heteroatoms. The maximum atomic E-state index is 12.9. The first-order valence-corrected chi connectivity index (χ1v) is 11.1. The van der Waals surface area contributed by atoms with Crippen LogP contribution in [0.2, 0.25) is 0 Å². The normalized spacial score (nSPS) is 13.8. The lowest BCUT2D eigenvalue weighted by molar-refractivity contribution is -0.133. The summed E-state index contributed by atoms with van der Waals surface area (Å²) in [6.45, 7) is 3.32. The van der Waals surface area contributed by atoms with E-state index in [0.29, 0.717) is 39.3 Å². The number of ether oxygens (including phenoxy) is 2. The van der Waals surface area contributed by atoms with Gasteiger partial charge in [-0.3, -0.25) is 4.79 Å². The van der Waals surface area contributed by atoms with Crippen LogP contribution >= 0.6 is 11.5 Å². The molecule has 162 valence electrons. The molecule has 1 aliphatic heterocycles. The number of hydrogen-bond donors (Lipinski definition) is 0. The molecule has 1 aliphatic rings. The van der Waals surface area contributed by atoms with E-state index >= 15 is 0 Å². The van der Waals surface area contributed by atoms with Crippen LogP contribution in [-0.4, -0.2) is 60.1 Å². The summed E-state index contributed by atoms with van der Waals surface area (Å²) in [6, 6.07) is 18.0. The molecule has 0 saturated carbocycles. The van der Waals surface area contributed by atoms with Crippen LogP contribution in [0.3, 0.4) is 0 Å². The van der Waals surface area contributed by atoms with Gasteiger partial charge in [0.05, 0.1) is 26.9 Å². The fourth-order valence-electron chi connectivity index (χ4n) is 3.48. The lowest BCUT2D eigenvalue weighted by Crippen LogP contribution is -2.45. The maximum absolute atomic E-state index is 12.9. The third-order valence-electron chi connectivity index (χ3n) is 5.13. The first kappa shape index (κ1) is 21.3. The molecule has 2 heterocycles. The average Bonchev–Trinajstić information content (AvgIpc) is 3.28. The molecule has 1 aromatic heterocycles. The summed E-state index contributed by atoms with van der Waals surface area (Å²) in [5.41, 5.74) is 2.21.